The van der Waals surface area contributed by atoms with E-state index in [9.17, 15) is 10.4 Å². The van der Waals surface area contributed by atoms with E-state index < -0.39 is 18.0 Å². The lowest BCUT2D eigenvalue weighted by atomic mass is 9.95. The van der Waals surface area contributed by atoms with Gasteiger partial charge in [0.25, 0.3) is 0 Å². The molecule has 1 aliphatic rings. The van der Waals surface area contributed by atoms with E-state index in [1.165, 1.54) is 0 Å². The minimum Gasteiger partial charge on any atom is -0.411 e. The summed E-state index contributed by atoms with van der Waals surface area (Å²) in [5, 5.41) is 26.2. The van der Waals surface area contributed by atoms with Gasteiger partial charge in [-0.05, 0) is 25.0 Å². The topological polar surface area (TPSA) is 83.6 Å². The number of oxime groups is 2. The first-order valence-electron chi connectivity index (χ1n) is 8.87. The van der Waals surface area contributed by atoms with Gasteiger partial charge in [-0.1, -0.05) is 71.0 Å². The molecule has 2 aromatic rings. The first-order valence-corrected chi connectivity index (χ1v) is 8.87. The molecule has 3 rings (SSSR count). The molecule has 1 heterocycles. The fourth-order valence-corrected chi connectivity index (χ4v) is 3.24. The molecule has 2 N–H and O–H groups in total. The summed E-state index contributed by atoms with van der Waals surface area (Å²) in [7, 11) is 0. The van der Waals surface area contributed by atoms with Crippen molar-refractivity contribution in [2.75, 3.05) is 0 Å². The summed E-state index contributed by atoms with van der Waals surface area (Å²) in [4.78, 5) is 0. The number of hydrogen-bond acceptors (Lipinski definition) is 6. The zero-order chi connectivity index (χ0) is 19.3. The molecule has 0 bridgehead atoms. The maximum Gasteiger partial charge on any atom is 0.164 e. The number of hydrogen-bond donors (Lipinski definition) is 2. The predicted octanol–water partition coefficient (Wildman–Crippen LogP) is 3.65. The summed E-state index contributed by atoms with van der Waals surface area (Å²) in [6.07, 6.45) is -0.496. The Bertz CT molecular complexity index is 736. The highest BCUT2D eigenvalue weighted by atomic mass is 16.8. The summed E-state index contributed by atoms with van der Waals surface area (Å²) >= 11 is 0. The molecule has 0 saturated carbocycles. The van der Waals surface area contributed by atoms with Crippen molar-refractivity contribution in [1.29, 1.82) is 0 Å². The second-order valence-corrected chi connectivity index (χ2v) is 6.98. The van der Waals surface area contributed by atoms with Crippen LogP contribution in [0, 0.1) is 0 Å². The molecule has 1 fully saturated rings. The quantitative estimate of drug-likeness (QED) is 0.463. The van der Waals surface area contributed by atoms with Gasteiger partial charge >= 0.3 is 0 Å². The van der Waals surface area contributed by atoms with Crippen molar-refractivity contribution in [1.82, 2.24) is 0 Å². The number of benzene rings is 2. The van der Waals surface area contributed by atoms with Crippen LogP contribution >= 0.6 is 0 Å². The van der Waals surface area contributed by atoms with Crippen molar-refractivity contribution < 1.29 is 19.9 Å². The monoisotopic (exact) mass is 368 g/mol. The van der Waals surface area contributed by atoms with Gasteiger partial charge < -0.3 is 19.9 Å². The molecule has 0 amide bonds. The van der Waals surface area contributed by atoms with Crippen LogP contribution in [0.5, 0.6) is 0 Å². The fourth-order valence-electron chi connectivity index (χ4n) is 3.24. The maximum atomic E-state index is 9.63. The van der Waals surface area contributed by atoms with Crippen LogP contribution in [0.4, 0.5) is 0 Å². The Morgan fingerprint density at radius 2 is 1.15 bits per heavy atom. The van der Waals surface area contributed by atoms with Gasteiger partial charge in [-0.2, -0.15) is 0 Å². The first-order chi connectivity index (χ1) is 13.0. The van der Waals surface area contributed by atoms with E-state index in [4.69, 9.17) is 9.47 Å². The van der Waals surface area contributed by atoms with Crippen molar-refractivity contribution in [3.05, 3.63) is 71.8 Å². The van der Waals surface area contributed by atoms with E-state index in [-0.39, 0.29) is 0 Å². The number of nitrogens with zero attached hydrogens (tertiary/aromatic N) is 2. The molecular formula is C21H24N2O4. The zero-order valence-corrected chi connectivity index (χ0v) is 15.4. The molecule has 0 spiro atoms. The van der Waals surface area contributed by atoms with Crippen LogP contribution in [-0.2, 0) is 22.3 Å². The Kier molecular flexibility index (Phi) is 5.88. The fraction of sp³-hybridized carbons (Fsp3) is 0.333. The van der Waals surface area contributed by atoms with Crippen molar-refractivity contribution in [2.24, 2.45) is 10.3 Å². The Hall–Kier alpha value is -2.70. The average Bonchev–Trinajstić information content (AvgIpc) is 3.01. The minimum absolute atomic E-state index is 0.405. The van der Waals surface area contributed by atoms with Crippen LogP contribution in [-0.4, -0.2) is 39.8 Å². The van der Waals surface area contributed by atoms with Gasteiger partial charge in [0.15, 0.2) is 5.79 Å². The lowest BCUT2D eigenvalue weighted by Gasteiger charge is -2.19. The van der Waals surface area contributed by atoms with E-state index in [1.807, 2.05) is 60.7 Å². The Labute approximate surface area is 158 Å². The third-order valence-corrected chi connectivity index (χ3v) is 4.47. The van der Waals surface area contributed by atoms with Gasteiger partial charge in [0, 0.05) is 12.8 Å². The van der Waals surface area contributed by atoms with Crippen molar-refractivity contribution >= 4 is 11.4 Å². The molecule has 0 aromatic heterocycles. The summed E-state index contributed by atoms with van der Waals surface area (Å²) in [6.45, 7) is 3.57. The molecule has 2 aromatic carbocycles. The molecule has 2 unspecified atom stereocenters. The van der Waals surface area contributed by atoms with Gasteiger partial charge in [-0.3, -0.25) is 0 Å². The summed E-state index contributed by atoms with van der Waals surface area (Å²) in [6, 6.07) is 19.4. The van der Waals surface area contributed by atoms with E-state index in [0.29, 0.717) is 24.3 Å². The van der Waals surface area contributed by atoms with Gasteiger partial charge in [-0.15, -0.1) is 0 Å². The summed E-state index contributed by atoms with van der Waals surface area (Å²) in [5.74, 6) is -0.894. The third kappa shape index (κ3) is 4.72. The van der Waals surface area contributed by atoms with Gasteiger partial charge in [-0.25, -0.2) is 0 Å². The number of ether oxygens (including phenoxy) is 2. The maximum absolute atomic E-state index is 9.63. The average molecular weight is 368 g/mol. The molecule has 142 valence electrons. The largest absolute Gasteiger partial charge is 0.411 e. The van der Waals surface area contributed by atoms with Crippen LogP contribution in [0.3, 0.4) is 0 Å². The molecule has 2 atom stereocenters. The SMILES string of the molecule is CC1(C)OC(/C(Cc2ccccc2)=N/O)C(/C(Cc2ccccc2)=N/O)O1. The van der Waals surface area contributed by atoms with Crippen LogP contribution in [0.2, 0.25) is 0 Å². The molecular weight excluding hydrogens is 344 g/mol. The highest BCUT2D eigenvalue weighted by molar-refractivity contribution is 5.99. The highest BCUT2D eigenvalue weighted by Gasteiger charge is 2.46. The molecule has 6 nitrogen and oxygen atoms in total. The molecule has 0 radical (unpaired) electrons. The van der Waals surface area contributed by atoms with E-state index >= 15 is 0 Å². The van der Waals surface area contributed by atoms with Crippen LogP contribution in [0.1, 0.15) is 25.0 Å². The Balaban J connectivity index is 1.85. The smallest absolute Gasteiger partial charge is 0.164 e. The Morgan fingerprint density at radius 3 is 1.48 bits per heavy atom. The van der Waals surface area contributed by atoms with Crippen molar-refractivity contribution in [3.8, 4) is 0 Å². The molecule has 1 aliphatic heterocycles. The lowest BCUT2D eigenvalue weighted by Crippen LogP contribution is -2.39. The lowest BCUT2D eigenvalue weighted by molar-refractivity contribution is -0.136. The molecule has 27 heavy (non-hydrogen) atoms. The van der Waals surface area contributed by atoms with Crippen molar-refractivity contribution in [2.45, 2.75) is 44.7 Å². The molecule has 1 saturated heterocycles. The van der Waals surface area contributed by atoms with Crippen LogP contribution in [0.25, 0.3) is 0 Å². The highest BCUT2D eigenvalue weighted by Crippen LogP contribution is 2.31. The second-order valence-electron chi connectivity index (χ2n) is 6.98. The van der Waals surface area contributed by atoms with Crippen LogP contribution < -0.4 is 0 Å². The third-order valence-electron chi connectivity index (χ3n) is 4.47. The molecule has 6 heteroatoms. The summed E-state index contributed by atoms with van der Waals surface area (Å²) in [5.41, 5.74) is 2.82. The summed E-state index contributed by atoms with van der Waals surface area (Å²) < 4.78 is 12.0. The number of rotatable bonds is 6. The van der Waals surface area contributed by atoms with E-state index in [2.05, 4.69) is 10.3 Å². The van der Waals surface area contributed by atoms with Gasteiger partial charge in [0.05, 0.1) is 11.4 Å². The van der Waals surface area contributed by atoms with Gasteiger partial charge in [0.2, 0.25) is 0 Å². The standard InChI is InChI=1S/C21H24N2O4/c1-21(2)26-19(17(22-24)13-15-9-5-3-6-10-15)20(27-21)18(23-25)14-16-11-7-4-8-12-16/h3-12,19-20,24-25H,13-14H2,1-2H3/b22-17+,23-18+. The normalized spacial score (nSPS) is 22.7. The minimum atomic E-state index is -0.894. The first kappa shape index (κ1) is 19.1. The molecule has 0 aliphatic carbocycles. The van der Waals surface area contributed by atoms with Crippen molar-refractivity contribution in [3.63, 3.8) is 0 Å². The van der Waals surface area contributed by atoms with E-state index in [1.54, 1.807) is 13.8 Å². The Morgan fingerprint density at radius 1 is 0.778 bits per heavy atom. The predicted molar refractivity (Wildman–Crippen MR) is 103 cm³/mol. The van der Waals surface area contributed by atoms with Crippen LogP contribution in [0.15, 0.2) is 71.0 Å². The van der Waals surface area contributed by atoms with E-state index in [0.717, 1.165) is 11.1 Å². The zero-order valence-electron chi connectivity index (χ0n) is 15.4. The van der Waals surface area contributed by atoms with Gasteiger partial charge in [0.1, 0.15) is 12.2 Å². The second kappa shape index (κ2) is 8.33.